The molecule has 0 saturated heterocycles. The van der Waals surface area contributed by atoms with E-state index in [2.05, 4.69) is 27.4 Å². The summed E-state index contributed by atoms with van der Waals surface area (Å²) < 4.78 is 1.89. The van der Waals surface area contributed by atoms with Crippen LogP contribution in [0.3, 0.4) is 0 Å². The van der Waals surface area contributed by atoms with Gasteiger partial charge in [0.05, 0.1) is 0 Å². The van der Waals surface area contributed by atoms with Crippen molar-refractivity contribution in [3.8, 4) is 0 Å². The van der Waals surface area contributed by atoms with Crippen LogP contribution in [0.5, 0.6) is 0 Å². The van der Waals surface area contributed by atoms with E-state index in [1.165, 1.54) is 32.1 Å². The summed E-state index contributed by atoms with van der Waals surface area (Å²) in [6, 6.07) is 0. The zero-order valence-electron chi connectivity index (χ0n) is 10.8. The molecule has 2 aromatic heterocycles. The summed E-state index contributed by atoms with van der Waals surface area (Å²) >= 11 is 0. The molecule has 3 rings (SSSR count). The van der Waals surface area contributed by atoms with E-state index in [0.717, 1.165) is 18.0 Å². The monoisotopic (exact) mass is 245 g/mol. The Morgan fingerprint density at radius 3 is 3.00 bits per heavy atom. The molecule has 0 bridgehead atoms. The summed E-state index contributed by atoms with van der Waals surface area (Å²) in [5.41, 5.74) is 1.26. The number of hydrogen-bond donors (Lipinski definition) is 1. The molecule has 0 radical (unpaired) electrons. The number of anilines is 1. The molecule has 1 aliphatic carbocycles. The highest BCUT2D eigenvalue weighted by Crippen LogP contribution is 2.40. The smallest absolute Gasteiger partial charge is 0.203 e. The highest BCUT2D eigenvalue weighted by Gasteiger charge is 2.31. The van der Waals surface area contributed by atoms with Gasteiger partial charge >= 0.3 is 0 Å². The van der Waals surface area contributed by atoms with Crippen LogP contribution in [0, 0.1) is 5.41 Å². The third kappa shape index (κ3) is 1.94. The minimum absolute atomic E-state index is 0.453. The molecule has 1 N–H and O–H groups in total. The molecule has 1 saturated carbocycles. The van der Waals surface area contributed by atoms with Crippen molar-refractivity contribution in [3.63, 3.8) is 0 Å². The standard InChI is InChI=1S/C13H19N5/c1-2-13(5-3-4-6-13)9-15-11-12-17-16-10-18(12)8-7-14-11/h7-8,10H,2-6,9H2,1H3,(H,14,15). The average molecular weight is 245 g/mol. The van der Waals surface area contributed by atoms with Crippen molar-refractivity contribution in [2.45, 2.75) is 39.0 Å². The summed E-state index contributed by atoms with van der Waals surface area (Å²) in [5.74, 6) is 0.842. The molecule has 5 heteroatoms. The molecule has 5 nitrogen and oxygen atoms in total. The Kier molecular flexibility index (Phi) is 2.89. The number of rotatable bonds is 4. The van der Waals surface area contributed by atoms with Gasteiger partial charge in [-0.05, 0) is 24.7 Å². The minimum Gasteiger partial charge on any atom is -0.366 e. The Balaban J connectivity index is 1.78. The summed E-state index contributed by atoms with van der Waals surface area (Å²) in [6.07, 6.45) is 12.0. The van der Waals surface area contributed by atoms with Gasteiger partial charge in [-0.15, -0.1) is 10.2 Å². The highest BCUT2D eigenvalue weighted by molar-refractivity contribution is 5.61. The quantitative estimate of drug-likeness (QED) is 0.899. The lowest BCUT2D eigenvalue weighted by molar-refractivity contribution is 0.306. The predicted octanol–water partition coefficient (Wildman–Crippen LogP) is 2.51. The van der Waals surface area contributed by atoms with Crippen LogP contribution >= 0.6 is 0 Å². The zero-order valence-corrected chi connectivity index (χ0v) is 10.8. The molecule has 1 fully saturated rings. The van der Waals surface area contributed by atoms with Crippen LogP contribution in [-0.2, 0) is 0 Å². The summed E-state index contributed by atoms with van der Waals surface area (Å²) in [7, 11) is 0. The molecular weight excluding hydrogens is 226 g/mol. The van der Waals surface area contributed by atoms with Crippen molar-refractivity contribution < 1.29 is 0 Å². The van der Waals surface area contributed by atoms with Crippen LogP contribution in [0.4, 0.5) is 5.82 Å². The molecule has 96 valence electrons. The van der Waals surface area contributed by atoms with Gasteiger partial charge < -0.3 is 5.32 Å². The number of nitrogens with one attached hydrogen (secondary N) is 1. The second kappa shape index (κ2) is 4.55. The molecular formula is C13H19N5. The first-order chi connectivity index (χ1) is 8.83. The van der Waals surface area contributed by atoms with Crippen molar-refractivity contribution in [2.24, 2.45) is 5.41 Å². The molecule has 2 aromatic rings. The maximum atomic E-state index is 4.37. The first kappa shape index (κ1) is 11.4. The molecule has 18 heavy (non-hydrogen) atoms. The molecule has 0 aliphatic heterocycles. The highest BCUT2D eigenvalue weighted by atomic mass is 15.2. The fourth-order valence-corrected chi connectivity index (χ4v) is 2.93. The number of fused-ring (bicyclic) bond motifs is 1. The predicted molar refractivity (Wildman–Crippen MR) is 70.5 cm³/mol. The Labute approximate surface area is 107 Å². The van der Waals surface area contributed by atoms with Gasteiger partial charge in [0.25, 0.3) is 0 Å². The third-order valence-electron chi connectivity index (χ3n) is 4.26. The van der Waals surface area contributed by atoms with E-state index in [1.54, 1.807) is 12.5 Å². The van der Waals surface area contributed by atoms with E-state index in [9.17, 15) is 0 Å². The second-order valence-corrected chi connectivity index (χ2v) is 5.25. The van der Waals surface area contributed by atoms with Crippen LogP contribution in [0.25, 0.3) is 5.65 Å². The summed E-state index contributed by atoms with van der Waals surface area (Å²) in [4.78, 5) is 4.37. The van der Waals surface area contributed by atoms with E-state index < -0.39 is 0 Å². The van der Waals surface area contributed by atoms with Crippen LogP contribution in [-0.4, -0.2) is 26.1 Å². The van der Waals surface area contributed by atoms with E-state index in [0.29, 0.717) is 5.41 Å². The third-order valence-corrected chi connectivity index (χ3v) is 4.26. The lowest BCUT2D eigenvalue weighted by Crippen LogP contribution is -2.26. The maximum absolute atomic E-state index is 4.37. The Morgan fingerprint density at radius 1 is 1.39 bits per heavy atom. The maximum Gasteiger partial charge on any atom is 0.203 e. The van der Waals surface area contributed by atoms with Gasteiger partial charge in [-0.25, -0.2) is 4.98 Å². The summed E-state index contributed by atoms with van der Waals surface area (Å²) in [6.45, 7) is 3.28. The molecule has 0 unspecified atom stereocenters. The SMILES string of the molecule is CCC1(CNc2nccn3cnnc23)CCCC1. The number of aromatic nitrogens is 4. The van der Waals surface area contributed by atoms with Crippen LogP contribution < -0.4 is 5.32 Å². The van der Waals surface area contributed by atoms with Gasteiger partial charge in [0.2, 0.25) is 5.65 Å². The van der Waals surface area contributed by atoms with Crippen molar-refractivity contribution >= 4 is 11.5 Å². The van der Waals surface area contributed by atoms with Gasteiger partial charge in [0.15, 0.2) is 5.82 Å². The van der Waals surface area contributed by atoms with Gasteiger partial charge in [-0.3, -0.25) is 4.40 Å². The van der Waals surface area contributed by atoms with Gasteiger partial charge in [-0.2, -0.15) is 0 Å². The first-order valence-corrected chi connectivity index (χ1v) is 6.71. The normalized spacial score (nSPS) is 18.3. The average Bonchev–Trinajstić information content (AvgIpc) is 3.06. The fourth-order valence-electron chi connectivity index (χ4n) is 2.93. The van der Waals surface area contributed by atoms with Gasteiger partial charge in [0.1, 0.15) is 6.33 Å². The molecule has 2 heterocycles. The first-order valence-electron chi connectivity index (χ1n) is 6.71. The van der Waals surface area contributed by atoms with Crippen molar-refractivity contribution in [2.75, 3.05) is 11.9 Å². The van der Waals surface area contributed by atoms with Crippen molar-refractivity contribution in [3.05, 3.63) is 18.7 Å². The lowest BCUT2D eigenvalue weighted by atomic mass is 9.83. The molecule has 0 spiro atoms. The topological polar surface area (TPSA) is 55.1 Å². The molecule has 1 aliphatic rings. The largest absolute Gasteiger partial charge is 0.366 e. The van der Waals surface area contributed by atoms with Crippen LogP contribution in [0.1, 0.15) is 39.0 Å². The van der Waals surface area contributed by atoms with Crippen molar-refractivity contribution in [1.82, 2.24) is 19.6 Å². The Hall–Kier alpha value is -1.65. The van der Waals surface area contributed by atoms with E-state index in [1.807, 2.05) is 10.6 Å². The van der Waals surface area contributed by atoms with Crippen LogP contribution in [0.2, 0.25) is 0 Å². The summed E-state index contributed by atoms with van der Waals surface area (Å²) in [5, 5.41) is 11.5. The molecule has 0 aromatic carbocycles. The van der Waals surface area contributed by atoms with Crippen LogP contribution in [0.15, 0.2) is 18.7 Å². The van der Waals surface area contributed by atoms with E-state index in [-0.39, 0.29) is 0 Å². The molecule has 0 amide bonds. The Bertz CT molecular complexity index is 527. The number of hydrogen-bond acceptors (Lipinski definition) is 4. The van der Waals surface area contributed by atoms with Gasteiger partial charge in [0, 0.05) is 18.9 Å². The Morgan fingerprint density at radius 2 is 2.22 bits per heavy atom. The van der Waals surface area contributed by atoms with E-state index >= 15 is 0 Å². The number of nitrogens with zero attached hydrogens (tertiary/aromatic N) is 4. The van der Waals surface area contributed by atoms with E-state index in [4.69, 9.17) is 0 Å². The van der Waals surface area contributed by atoms with Crippen molar-refractivity contribution in [1.29, 1.82) is 0 Å². The lowest BCUT2D eigenvalue weighted by Gasteiger charge is -2.27. The molecule has 0 atom stereocenters. The fraction of sp³-hybridized carbons (Fsp3) is 0.615. The zero-order chi connectivity index (χ0) is 12.4. The minimum atomic E-state index is 0.453. The van der Waals surface area contributed by atoms with Gasteiger partial charge in [-0.1, -0.05) is 19.8 Å². The second-order valence-electron chi connectivity index (χ2n) is 5.25.